The standard InChI is InChI=1S/C13H10N4O4/c1-15(9-5-3-2-4-6-9)12-8-11-10(14-21-17(11)20)7-13(12)16(18)19/h2-8H,1H3. The maximum absolute atomic E-state index is 11.5. The molecule has 0 bridgehead atoms. The van der Waals surface area contributed by atoms with Crippen LogP contribution in [0.25, 0.3) is 11.0 Å². The minimum Gasteiger partial charge on any atom is -0.359 e. The number of benzene rings is 2. The summed E-state index contributed by atoms with van der Waals surface area (Å²) in [6.07, 6.45) is 0. The second kappa shape index (κ2) is 4.75. The van der Waals surface area contributed by atoms with Crippen LogP contribution in [0.5, 0.6) is 0 Å². The summed E-state index contributed by atoms with van der Waals surface area (Å²) in [6, 6.07) is 11.7. The first-order valence-electron chi connectivity index (χ1n) is 6.04. The van der Waals surface area contributed by atoms with Gasteiger partial charge in [0, 0.05) is 24.0 Å². The third-order valence-corrected chi connectivity index (χ3v) is 3.18. The maximum atomic E-state index is 11.5. The molecule has 0 aliphatic carbocycles. The predicted octanol–water partition coefficient (Wildman–Crippen LogP) is 2.14. The zero-order valence-corrected chi connectivity index (χ0v) is 11.0. The van der Waals surface area contributed by atoms with Crippen molar-refractivity contribution in [3.05, 3.63) is 57.8 Å². The number of rotatable bonds is 3. The van der Waals surface area contributed by atoms with Gasteiger partial charge < -0.3 is 10.1 Å². The van der Waals surface area contributed by atoms with Gasteiger partial charge >= 0.3 is 0 Å². The lowest BCUT2D eigenvalue weighted by molar-refractivity contribution is -0.782. The maximum Gasteiger partial charge on any atom is 0.297 e. The normalized spacial score (nSPS) is 10.7. The van der Waals surface area contributed by atoms with E-state index in [0.717, 1.165) is 5.69 Å². The third-order valence-electron chi connectivity index (χ3n) is 3.18. The lowest BCUT2D eigenvalue weighted by Crippen LogP contribution is -2.23. The number of hydrogen-bond acceptors (Lipinski definition) is 6. The number of nitro benzene ring substituents is 1. The molecule has 1 aromatic heterocycles. The molecule has 0 radical (unpaired) electrons. The van der Waals surface area contributed by atoms with E-state index < -0.39 is 4.92 Å². The molecule has 0 fully saturated rings. The lowest BCUT2D eigenvalue weighted by Gasteiger charge is -2.18. The average molecular weight is 286 g/mol. The van der Waals surface area contributed by atoms with Gasteiger partial charge in [-0.2, -0.15) is 0 Å². The van der Waals surface area contributed by atoms with Gasteiger partial charge in [0.15, 0.2) is 0 Å². The summed E-state index contributed by atoms with van der Waals surface area (Å²) in [4.78, 5) is 12.6. The Kier molecular flexibility index (Phi) is 2.90. The molecular formula is C13H10N4O4. The molecule has 0 amide bonds. The van der Waals surface area contributed by atoms with Gasteiger partial charge in [-0.25, -0.2) is 0 Å². The van der Waals surface area contributed by atoms with Crippen molar-refractivity contribution in [2.75, 3.05) is 11.9 Å². The van der Waals surface area contributed by atoms with E-state index >= 15 is 0 Å². The van der Waals surface area contributed by atoms with Crippen molar-refractivity contribution in [3.8, 4) is 0 Å². The molecule has 0 saturated carbocycles. The van der Waals surface area contributed by atoms with Crippen LogP contribution in [0.1, 0.15) is 0 Å². The van der Waals surface area contributed by atoms with E-state index in [1.54, 1.807) is 11.9 Å². The molecule has 21 heavy (non-hydrogen) atoms. The smallest absolute Gasteiger partial charge is 0.297 e. The number of nitro groups is 1. The van der Waals surface area contributed by atoms with Gasteiger partial charge in [0.2, 0.25) is 5.52 Å². The minimum absolute atomic E-state index is 0.137. The van der Waals surface area contributed by atoms with Crippen LogP contribution in [0.3, 0.4) is 0 Å². The second-order valence-electron chi connectivity index (χ2n) is 4.41. The molecule has 2 aromatic carbocycles. The van der Waals surface area contributed by atoms with Crippen molar-refractivity contribution in [3.63, 3.8) is 0 Å². The minimum atomic E-state index is -0.516. The van der Waals surface area contributed by atoms with Crippen LogP contribution in [0.15, 0.2) is 47.1 Å². The van der Waals surface area contributed by atoms with E-state index in [1.165, 1.54) is 12.1 Å². The van der Waals surface area contributed by atoms with Gasteiger partial charge in [-0.05, 0) is 17.0 Å². The molecule has 3 rings (SSSR count). The summed E-state index contributed by atoms with van der Waals surface area (Å²) in [5.74, 6) is 0. The molecule has 0 atom stereocenters. The van der Waals surface area contributed by atoms with E-state index in [1.807, 2.05) is 30.3 Å². The second-order valence-corrected chi connectivity index (χ2v) is 4.41. The number of anilines is 2. The summed E-state index contributed by atoms with van der Waals surface area (Å²) in [6.45, 7) is 0. The highest BCUT2D eigenvalue weighted by atomic mass is 16.8. The van der Waals surface area contributed by atoms with Crippen LogP contribution in [-0.4, -0.2) is 17.1 Å². The van der Waals surface area contributed by atoms with E-state index in [2.05, 4.69) is 9.79 Å². The van der Waals surface area contributed by atoms with Gasteiger partial charge in [0.05, 0.1) is 11.0 Å². The first-order valence-corrected chi connectivity index (χ1v) is 6.04. The zero-order valence-electron chi connectivity index (χ0n) is 11.0. The van der Waals surface area contributed by atoms with Gasteiger partial charge in [-0.1, -0.05) is 18.2 Å². The average Bonchev–Trinajstić information content (AvgIpc) is 2.87. The van der Waals surface area contributed by atoms with Crippen LogP contribution in [0, 0.1) is 15.3 Å². The van der Waals surface area contributed by atoms with Crippen LogP contribution < -0.4 is 9.80 Å². The molecule has 3 aromatic rings. The van der Waals surface area contributed by atoms with E-state index in [9.17, 15) is 15.3 Å². The number of nitrogens with zero attached hydrogens (tertiary/aromatic N) is 4. The topological polar surface area (TPSA) is 99.3 Å². The summed E-state index contributed by atoms with van der Waals surface area (Å²) in [5.41, 5.74) is 1.17. The van der Waals surface area contributed by atoms with Crippen LogP contribution in [0.4, 0.5) is 17.1 Å². The van der Waals surface area contributed by atoms with Gasteiger partial charge in [-0.15, -0.1) is 0 Å². The Balaban J connectivity index is 2.22. The first-order chi connectivity index (χ1) is 10.1. The SMILES string of the molecule is CN(c1ccccc1)c1cc2c(cc1[N+](=O)[O-])no[n+]2[O-]. The molecule has 8 nitrogen and oxygen atoms in total. The Morgan fingerprint density at radius 1 is 1.29 bits per heavy atom. The summed E-state index contributed by atoms with van der Waals surface area (Å²) in [5, 5.41) is 26.2. The molecule has 0 spiro atoms. The first kappa shape index (κ1) is 12.9. The molecule has 8 heteroatoms. The Hall–Kier alpha value is -3.16. The molecule has 0 unspecified atom stereocenters. The van der Waals surface area contributed by atoms with Crippen molar-refractivity contribution < 1.29 is 14.5 Å². The number of aromatic nitrogens is 2. The molecule has 0 aliphatic rings. The number of hydrogen-bond donors (Lipinski definition) is 0. The van der Waals surface area contributed by atoms with Crippen molar-refractivity contribution in [2.45, 2.75) is 0 Å². The zero-order chi connectivity index (χ0) is 15.0. The molecule has 0 N–H and O–H groups in total. The van der Waals surface area contributed by atoms with Crippen molar-refractivity contribution in [2.24, 2.45) is 0 Å². The fourth-order valence-electron chi connectivity index (χ4n) is 2.10. The number of fused-ring (bicyclic) bond motifs is 1. The molecule has 0 aliphatic heterocycles. The Morgan fingerprint density at radius 3 is 2.67 bits per heavy atom. The van der Waals surface area contributed by atoms with E-state index in [0.29, 0.717) is 0 Å². The van der Waals surface area contributed by atoms with E-state index in [-0.39, 0.29) is 27.3 Å². The van der Waals surface area contributed by atoms with Gasteiger partial charge in [-0.3, -0.25) is 14.7 Å². The Bertz CT molecular complexity index is 816. The Labute approximate surface area is 118 Å². The molecule has 106 valence electrons. The monoisotopic (exact) mass is 286 g/mol. The molecule has 0 saturated heterocycles. The molecule has 1 heterocycles. The highest BCUT2D eigenvalue weighted by Crippen LogP contribution is 2.34. The summed E-state index contributed by atoms with van der Waals surface area (Å²) >= 11 is 0. The molecular weight excluding hydrogens is 276 g/mol. The van der Waals surface area contributed by atoms with Crippen molar-refractivity contribution >= 4 is 28.1 Å². The highest BCUT2D eigenvalue weighted by molar-refractivity contribution is 5.85. The van der Waals surface area contributed by atoms with E-state index in [4.69, 9.17) is 0 Å². The van der Waals surface area contributed by atoms with Crippen LogP contribution >= 0.6 is 0 Å². The fourth-order valence-corrected chi connectivity index (χ4v) is 2.10. The third kappa shape index (κ3) is 2.12. The summed E-state index contributed by atoms with van der Waals surface area (Å²) < 4.78 is 4.46. The largest absolute Gasteiger partial charge is 0.359 e. The van der Waals surface area contributed by atoms with Gasteiger partial charge in [0.25, 0.3) is 11.2 Å². The predicted molar refractivity (Wildman–Crippen MR) is 74.1 cm³/mol. The fraction of sp³-hybridized carbons (Fsp3) is 0.0769. The highest BCUT2D eigenvalue weighted by Gasteiger charge is 2.24. The van der Waals surface area contributed by atoms with Gasteiger partial charge in [0.1, 0.15) is 5.69 Å². The summed E-state index contributed by atoms with van der Waals surface area (Å²) in [7, 11) is 1.69. The van der Waals surface area contributed by atoms with Crippen LogP contribution in [0.2, 0.25) is 0 Å². The quantitative estimate of drug-likeness (QED) is 0.415. The van der Waals surface area contributed by atoms with Crippen molar-refractivity contribution in [1.82, 2.24) is 5.16 Å². The number of para-hydroxylation sites is 1. The van der Waals surface area contributed by atoms with Crippen molar-refractivity contribution in [1.29, 1.82) is 0 Å². The lowest BCUT2D eigenvalue weighted by atomic mass is 10.2. The van der Waals surface area contributed by atoms with Crippen LogP contribution in [-0.2, 0) is 0 Å². The Morgan fingerprint density at radius 2 is 2.00 bits per heavy atom.